The molecule has 0 aliphatic rings. The van der Waals surface area contributed by atoms with Crippen molar-refractivity contribution in [2.75, 3.05) is 24.2 Å². The molecule has 0 bridgehead atoms. The van der Waals surface area contributed by atoms with Crippen molar-refractivity contribution in [1.29, 1.82) is 0 Å². The lowest BCUT2D eigenvalue weighted by atomic mass is 10.1. The van der Waals surface area contributed by atoms with Crippen molar-refractivity contribution in [1.82, 2.24) is 10.2 Å². The molecule has 0 spiro atoms. The van der Waals surface area contributed by atoms with Crippen LogP contribution in [0.3, 0.4) is 0 Å². The van der Waals surface area contributed by atoms with Gasteiger partial charge in [-0.3, -0.25) is 13.9 Å². The van der Waals surface area contributed by atoms with Gasteiger partial charge in [-0.2, -0.15) is 0 Å². The number of methoxy groups -OCH3 is 1. The van der Waals surface area contributed by atoms with Crippen molar-refractivity contribution in [2.24, 2.45) is 0 Å². The lowest BCUT2D eigenvalue weighted by molar-refractivity contribution is -0.140. The van der Waals surface area contributed by atoms with E-state index in [4.69, 9.17) is 27.9 Å². The molecule has 0 fully saturated rings. The molecule has 0 radical (unpaired) electrons. The fourth-order valence-electron chi connectivity index (χ4n) is 3.52. The number of nitrogens with one attached hydrogen (secondary N) is 1. The average Bonchev–Trinajstić information content (AvgIpc) is 2.78. The van der Waals surface area contributed by atoms with Crippen LogP contribution in [0.4, 0.5) is 5.69 Å². The number of sulfonamides is 1. The molecule has 0 aliphatic heterocycles. The Balaban J connectivity index is 2.47. The highest BCUT2D eigenvalue weighted by molar-refractivity contribution is 7.92. The highest BCUT2D eigenvalue weighted by Gasteiger charge is 2.32. The third-order valence-corrected chi connectivity index (χ3v) is 7.05. The molecule has 1 N–H and O–H groups in total. The molecule has 0 saturated carbocycles. The topological polar surface area (TPSA) is 96.0 Å². The van der Waals surface area contributed by atoms with Crippen LogP contribution in [-0.2, 0) is 26.2 Å². The van der Waals surface area contributed by atoms with E-state index in [1.807, 2.05) is 19.9 Å². The van der Waals surface area contributed by atoms with Gasteiger partial charge in [0.25, 0.3) is 0 Å². The van der Waals surface area contributed by atoms with Crippen molar-refractivity contribution < 1.29 is 22.7 Å². The Morgan fingerprint density at radius 3 is 2.31 bits per heavy atom. The summed E-state index contributed by atoms with van der Waals surface area (Å²) in [6.07, 6.45) is 1.33. The summed E-state index contributed by atoms with van der Waals surface area (Å²) in [4.78, 5) is 28.0. The average molecular weight is 545 g/mol. The van der Waals surface area contributed by atoms with E-state index >= 15 is 0 Å². The number of carbonyl (C=O) groups excluding carboxylic acids is 2. The summed E-state index contributed by atoms with van der Waals surface area (Å²) >= 11 is 12.1. The number of anilines is 1. The maximum absolute atomic E-state index is 13.6. The first-order chi connectivity index (χ1) is 16.4. The molecule has 0 saturated heterocycles. The van der Waals surface area contributed by atoms with E-state index in [1.165, 1.54) is 30.2 Å². The molecule has 8 nitrogen and oxygen atoms in total. The van der Waals surface area contributed by atoms with Crippen LogP contribution < -0.4 is 14.4 Å². The van der Waals surface area contributed by atoms with E-state index in [9.17, 15) is 18.0 Å². The second-order valence-corrected chi connectivity index (χ2v) is 11.0. The third-order valence-electron chi connectivity index (χ3n) is 5.17. The zero-order valence-corrected chi connectivity index (χ0v) is 22.7. The van der Waals surface area contributed by atoms with Crippen LogP contribution >= 0.6 is 23.2 Å². The fraction of sp³-hybridized carbons (Fsp3) is 0.417. The zero-order valence-electron chi connectivity index (χ0n) is 20.4. The normalized spacial score (nSPS) is 12.2. The summed E-state index contributed by atoms with van der Waals surface area (Å²) in [6, 6.07) is 10.5. The standard InChI is InChI=1S/C24H31Cl2N3O5S/c1-6-22(24(31)27-16(2)3)28(14-17-8-7-9-19(12-17)34-4)23(30)15-29(35(5,32)33)18-10-11-20(25)21(26)13-18/h7-13,16,22H,6,14-15H2,1-5H3,(H,27,31)/t22-/m1/s1. The molecule has 2 aromatic carbocycles. The summed E-state index contributed by atoms with van der Waals surface area (Å²) in [5, 5.41) is 3.25. The number of amides is 2. The molecule has 0 heterocycles. The van der Waals surface area contributed by atoms with E-state index in [0.29, 0.717) is 12.2 Å². The number of hydrogen-bond donors (Lipinski definition) is 1. The van der Waals surface area contributed by atoms with Crippen LogP contribution in [-0.4, -0.2) is 57.1 Å². The Labute approximate surface area is 217 Å². The van der Waals surface area contributed by atoms with Crippen molar-refractivity contribution in [2.45, 2.75) is 45.8 Å². The molecule has 192 valence electrons. The Morgan fingerprint density at radius 2 is 1.77 bits per heavy atom. The minimum absolute atomic E-state index is 0.0824. The smallest absolute Gasteiger partial charge is 0.244 e. The van der Waals surface area contributed by atoms with Gasteiger partial charge in [-0.1, -0.05) is 42.3 Å². The highest BCUT2D eigenvalue weighted by atomic mass is 35.5. The van der Waals surface area contributed by atoms with Gasteiger partial charge >= 0.3 is 0 Å². The largest absolute Gasteiger partial charge is 0.497 e. The van der Waals surface area contributed by atoms with Crippen molar-refractivity contribution in [3.05, 3.63) is 58.1 Å². The number of ether oxygens (including phenoxy) is 1. The van der Waals surface area contributed by atoms with Crippen molar-refractivity contribution in [3.63, 3.8) is 0 Å². The first-order valence-electron chi connectivity index (χ1n) is 11.0. The van der Waals surface area contributed by atoms with Gasteiger partial charge in [-0.25, -0.2) is 8.42 Å². The first kappa shape index (κ1) is 28.7. The molecule has 1 atom stereocenters. The lowest BCUT2D eigenvalue weighted by Gasteiger charge is -2.33. The molecule has 0 unspecified atom stereocenters. The Morgan fingerprint density at radius 1 is 1.09 bits per heavy atom. The van der Waals surface area contributed by atoms with Crippen LogP contribution in [0.25, 0.3) is 0 Å². The molecular weight excluding hydrogens is 513 g/mol. The number of hydrogen-bond acceptors (Lipinski definition) is 5. The van der Waals surface area contributed by atoms with Crippen LogP contribution in [0.1, 0.15) is 32.8 Å². The van der Waals surface area contributed by atoms with E-state index in [0.717, 1.165) is 16.1 Å². The molecule has 11 heteroatoms. The molecule has 35 heavy (non-hydrogen) atoms. The van der Waals surface area contributed by atoms with Gasteiger partial charge in [0.2, 0.25) is 21.8 Å². The number of benzene rings is 2. The van der Waals surface area contributed by atoms with Gasteiger partial charge in [0.05, 0.1) is 29.1 Å². The van der Waals surface area contributed by atoms with Gasteiger partial charge in [-0.15, -0.1) is 0 Å². The van der Waals surface area contributed by atoms with Gasteiger partial charge in [0.1, 0.15) is 18.3 Å². The number of rotatable bonds is 11. The number of nitrogens with zero attached hydrogens (tertiary/aromatic N) is 2. The highest BCUT2D eigenvalue weighted by Crippen LogP contribution is 2.29. The quantitative estimate of drug-likeness (QED) is 0.460. The summed E-state index contributed by atoms with van der Waals surface area (Å²) in [5.41, 5.74) is 0.921. The van der Waals surface area contributed by atoms with E-state index < -0.39 is 28.5 Å². The molecule has 0 aliphatic carbocycles. The lowest BCUT2D eigenvalue weighted by Crippen LogP contribution is -2.53. The predicted octanol–water partition coefficient (Wildman–Crippen LogP) is 4.10. The van der Waals surface area contributed by atoms with Crippen LogP contribution in [0.5, 0.6) is 5.75 Å². The Hall–Kier alpha value is -2.49. The van der Waals surface area contributed by atoms with Crippen molar-refractivity contribution in [3.8, 4) is 5.75 Å². The Bertz CT molecular complexity index is 1160. The molecular formula is C24H31Cl2N3O5S. The van der Waals surface area contributed by atoms with Gasteiger partial charge in [0, 0.05) is 12.6 Å². The predicted molar refractivity (Wildman–Crippen MR) is 140 cm³/mol. The van der Waals surface area contributed by atoms with E-state index in [-0.39, 0.29) is 34.2 Å². The zero-order chi connectivity index (χ0) is 26.3. The summed E-state index contributed by atoms with van der Waals surface area (Å²) in [6.45, 7) is 5.01. The summed E-state index contributed by atoms with van der Waals surface area (Å²) in [5.74, 6) is -0.266. The maximum atomic E-state index is 13.6. The minimum atomic E-state index is -3.87. The van der Waals surface area contributed by atoms with E-state index in [2.05, 4.69) is 5.32 Å². The van der Waals surface area contributed by atoms with Gasteiger partial charge in [0.15, 0.2) is 0 Å². The van der Waals surface area contributed by atoms with Crippen LogP contribution in [0, 0.1) is 0 Å². The van der Waals surface area contributed by atoms with Gasteiger partial charge < -0.3 is 15.0 Å². The monoisotopic (exact) mass is 543 g/mol. The second kappa shape index (κ2) is 12.5. The second-order valence-electron chi connectivity index (χ2n) is 8.33. The minimum Gasteiger partial charge on any atom is -0.497 e. The SMILES string of the molecule is CC[C@H](C(=O)NC(C)C)N(Cc1cccc(OC)c1)C(=O)CN(c1ccc(Cl)c(Cl)c1)S(C)(=O)=O. The number of carbonyl (C=O) groups is 2. The maximum Gasteiger partial charge on any atom is 0.244 e. The first-order valence-corrected chi connectivity index (χ1v) is 13.6. The molecule has 2 aromatic rings. The summed E-state index contributed by atoms with van der Waals surface area (Å²) < 4.78 is 31.5. The number of halogens is 2. The third kappa shape index (κ3) is 8.02. The fourth-order valence-corrected chi connectivity index (χ4v) is 4.66. The van der Waals surface area contributed by atoms with Crippen LogP contribution in [0.15, 0.2) is 42.5 Å². The van der Waals surface area contributed by atoms with Crippen molar-refractivity contribution >= 4 is 50.7 Å². The summed E-state index contributed by atoms with van der Waals surface area (Å²) in [7, 11) is -2.33. The van der Waals surface area contributed by atoms with E-state index in [1.54, 1.807) is 25.1 Å². The molecule has 0 aromatic heterocycles. The van der Waals surface area contributed by atoms with Crippen LogP contribution in [0.2, 0.25) is 10.0 Å². The molecule has 2 rings (SSSR count). The van der Waals surface area contributed by atoms with Gasteiger partial charge in [-0.05, 0) is 56.2 Å². The Kier molecular flexibility index (Phi) is 10.2. The molecule has 2 amide bonds.